The van der Waals surface area contributed by atoms with Crippen molar-refractivity contribution in [2.24, 2.45) is 5.92 Å². The van der Waals surface area contributed by atoms with Crippen LogP contribution in [0.3, 0.4) is 0 Å². The lowest BCUT2D eigenvalue weighted by Gasteiger charge is -2.14. The molecule has 0 radical (unpaired) electrons. The van der Waals surface area contributed by atoms with Gasteiger partial charge in [-0.15, -0.1) is 0 Å². The first-order chi connectivity index (χ1) is 4.75. The van der Waals surface area contributed by atoms with Crippen LogP contribution in [0, 0.1) is 5.92 Å². The molecule has 0 aromatic rings. The molecule has 0 fully saturated rings. The maximum Gasteiger partial charge on any atom is 0.0612 e. The van der Waals surface area contributed by atoms with Crippen LogP contribution < -0.4 is 0 Å². The third-order valence-corrected chi connectivity index (χ3v) is 1.98. The fraction of sp³-hybridized carbons (Fsp3) is 0.556. The molecule has 1 rings (SSSR count). The minimum Gasteiger partial charge on any atom is -0.392 e. The molecule has 0 amide bonds. The van der Waals surface area contributed by atoms with Gasteiger partial charge >= 0.3 is 0 Å². The predicted octanol–water partition coefficient (Wildman–Crippen LogP) is 1.89. The molecule has 1 aliphatic rings. The van der Waals surface area contributed by atoms with Gasteiger partial charge in [-0.2, -0.15) is 0 Å². The van der Waals surface area contributed by atoms with Crippen LogP contribution in [0.4, 0.5) is 0 Å². The Bertz CT molecular complexity index is 166. The van der Waals surface area contributed by atoms with Crippen LogP contribution in [0.1, 0.15) is 20.3 Å². The summed E-state index contributed by atoms with van der Waals surface area (Å²) in [5.74, 6) is 0.282. The SMILES string of the molecule is CCC1=CC=CC1[C@@H](C)O. The van der Waals surface area contributed by atoms with E-state index < -0.39 is 0 Å². The van der Waals surface area contributed by atoms with Crippen LogP contribution in [-0.2, 0) is 0 Å². The van der Waals surface area contributed by atoms with E-state index in [9.17, 15) is 5.11 Å². The summed E-state index contributed by atoms with van der Waals surface area (Å²) in [6, 6.07) is 0. The van der Waals surface area contributed by atoms with Crippen LogP contribution in [-0.4, -0.2) is 11.2 Å². The molecule has 0 saturated carbocycles. The van der Waals surface area contributed by atoms with Gasteiger partial charge in [0.05, 0.1) is 6.10 Å². The van der Waals surface area contributed by atoms with Gasteiger partial charge in [0, 0.05) is 5.92 Å². The quantitative estimate of drug-likeness (QED) is 0.617. The van der Waals surface area contributed by atoms with Crippen LogP contribution in [0.2, 0.25) is 0 Å². The lowest BCUT2D eigenvalue weighted by atomic mass is 9.96. The molecule has 0 aromatic heterocycles. The van der Waals surface area contributed by atoms with E-state index >= 15 is 0 Å². The summed E-state index contributed by atoms with van der Waals surface area (Å²) in [5.41, 5.74) is 1.34. The Kier molecular flexibility index (Phi) is 2.28. The van der Waals surface area contributed by atoms with Crippen molar-refractivity contribution in [3.05, 3.63) is 23.8 Å². The minimum absolute atomic E-state index is 0.232. The maximum absolute atomic E-state index is 9.26. The first-order valence-electron chi connectivity index (χ1n) is 3.81. The Morgan fingerprint density at radius 2 is 2.40 bits per heavy atom. The predicted molar refractivity (Wildman–Crippen MR) is 42.7 cm³/mol. The summed E-state index contributed by atoms with van der Waals surface area (Å²) >= 11 is 0. The number of aliphatic hydroxyl groups excluding tert-OH is 1. The van der Waals surface area contributed by atoms with Crippen LogP contribution in [0.5, 0.6) is 0 Å². The van der Waals surface area contributed by atoms with Crippen LogP contribution in [0.25, 0.3) is 0 Å². The molecule has 1 heteroatoms. The Morgan fingerprint density at radius 3 is 2.80 bits per heavy atom. The molecule has 0 aliphatic heterocycles. The zero-order valence-electron chi connectivity index (χ0n) is 6.54. The van der Waals surface area contributed by atoms with Gasteiger partial charge in [0.25, 0.3) is 0 Å². The molecule has 0 heterocycles. The summed E-state index contributed by atoms with van der Waals surface area (Å²) in [5, 5.41) is 9.26. The van der Waals surface area contributed by atoms with Crippen molar-refractivity contribution in [2.75, 3.05) is 0 Å². The van der Waals surface area contributed by atoms with Crippen LogP contribution in [0.15, 0.2) is 23.8 Å². The van der Waals surface area contributed by atoms with Crippen molar-refractivity contribution < 1.29 is 5.11 Å². The Morgan fingerprint density at radius 1 is 1.70 bits per heavy atom. The van der Waals surface area contributed by atoms with Crippen molar-refractivity contribution >= 4 is 0 Å². The molecule has 56 valence electrons. The summed E-state index contributed by atoms with van der Waals surface area (Å²) in [6.45, 7) is 3.96. The Hall–Kier alpha value is -0.560. The highest BCUT2D eigenvalue weighted by Gasteiger charge is 2.17. The highest BCUT2D eigenvalue weighted by Crippen LogP contribution is 2.24. The number of hydrogen-bond acceptors (Lipinski definition) is 1. The van der Waals surface area contributed by atoms with Crippen LogP contribution >= 0.6 is 0 Å². The number of rotatable bonds is 2. The normalized spacial score (nSPS) is 26.7. The number of allylic oxidation sites excluding steroid dienone is 2. The molecular weight excluding hydrogens is 124 g/mol. The van der Waals surface area contributed by atoms with E-state index in [1.54, 1.807) is 0 Å². The summed E-state index contributed by atoms with van der Waals surface area (Å²) in [6.07, 6.45) is 6.99. The van der Waals surface area contributed by atoms with Gasteiger partial charge in [-0.05, 0) is 13.3 Å². The molecule has 0 bridgehead atoms. The first-order valence-corrected chi connectivity index (χ1v) is 3.81. The second-order valence-corrected chi connectivity index (χ2v) is 2.75. The van der Waals surface area contributed by atoms with Crippen molar-refractivity contribution in [1.82, 2.24) is 0 Å². The van der Waals surface area contributed by atoms with E-state index in [0.717, 1.165) is 6.42 Å². The number of hydrogen-bond donors (Lipinski definition) is 1. The molecule has 10 heavy (non-hydrogen) atoms. The van der Waals surface area contributed by atoms with Gasteiger partial charge in [-0.3, -0.25) is 0 Å². The lowest BCUT2D eigenvalue weighted by Crippen LogP contribution is -2.14. The van der Waals surface area contributed by atoms with Gasteiger partial charge in [-0.1, -0.05) is 30.7 Å². The maximum atomic E-state index is 9.26. The summed E-state index contributed by atoms with van der Waals surface area (Å²) < 4.78 is 0. The molecule has 0 aromatic carbocycles. The summed E-state index contributed by atoms with van der Waals surface area (Å²) in [7, 11) is 0. The smallest absolute Gasteiger partial charge is 0.0612 e. The monoisotopic (exact) mass is 138 g/mol. The van der Waals surface area contributed by atoms with E-state index in [1.807, 2.05) is 13.0 Å². The molecule has 0 saturated heterocycles. The van der Waals surface area contributed by atoms with Crippen molar-refractivity contribution in [1.29, 1.82) is 0 Å². The van der Waals surface area contributed by atoms with E-state index in [2.05, 4.69) is 19.1 Å². The van der Waals surface area contributed by atoms with E-state index in [-0.39, 0.29) is 12.0 Å². The third kappa shape index (κ3) is 1.29. The standard InChI is InChI=1S/C9H14O/c1-3-8-5-4-6-9(8)7(2)10/h4-7,9-10H,3H2,1-2H3/t7-,9?/m1/s1. The second kappa shape index (κ2) is 3.02. The highest BCUT2D eigenvalue weighted by molar-refractivity contribution is 5.28. The fourth-order valence-corrected chi connectivity index (χ4v) is 1.36. The Balaban J connectivity index is 2.62. The number of aliphatic hydroxyl groups is 1. The van der Waals surface area contributed by atoms with Gasteiger partial charge < -0.3 is 5.11 Å². The zero-order chi connectivity index (χ0) is 7.56. The largest absolute Gasteiger partial charge is 0.392 e. The van der Waals surface area contributed by atoms with E-state index in [4.69, 9.17) is 0 Å². The van der Waals surface area contributed by atoms with E-state index in [1.165, 1.54) is 5.57 Å². The average Bonchev–Trinajstić information content (AvgIpc) is 2.33. The molecule has 1 unspecified atom stereocenters. The molecule has 1 nitrogen and oxygen atoms in total. The van der Waals surface area contributed by atoms with Crippen molar-refractivity contribution in [2.45, 2.75) is 26.4 Å². The lowest BCUT2D eigenvalue weighted by molar-refractivity contribution is 0.164. The summed E-state index contributed by atoms with van der Waals surface area (Å²) in [4.78, 5) is 0. The van der Waals surface area contributed by atoms with Gasteiger partial charge in [0.1, 0.15) is 0 Å². The molecule has 1 aliphatic carbocycles. The second-order valence-electron chi connectivity index (χ2n) is 2.75. The third-order valence-electron chi connectivity index (χ3n) is 1.98. The minimum atomic E-state index is -0.232. The topological polar surface area (TPSA) is 20.2 Å². The average molecular weight is 138 g/mol. The van der Waals surface area contributed by atoms with Gasteiger partial charge in [0.15, 0.2) is 0 Å². The molecule has 0 spiro atoms. The van der Waals surface area contributed by atoms with Crippen molar-refractivity contribution in [3.63, 3.8) is 0 Å². The van der Waals surface area contributed by atoms with Crippen molar-refractivity contribution in [3.8, 4) is 0 Å². The fourth-order valence-electron chi connectivity index (χ4n) is 1.36. The molecular formula is C9H14O. The zero-order valence-corrected chi connectivity index (χ0v) is 6.54. The molecule has 2 atom stereocenters. The van der Waals surface area contributed by atoms with Gasteiger partial charge in [0.2, 0.25) is 0 Å². The highest BCUT2D eigenvalue weighted by atomic mass is 16.3. The Labute approximate surface area is 62.1 Å². The molecule has 1 N–H and O–H groups in total. The first kappa shape index (κ1) is 7.55. The van der Waals surface area contributed by atoms with E-state index in [0.29, 0.717) is 0 Å². The van der Waals surface area contributed by atoms with Gasteiger partial charge in [-0.25, -0.2) is 0 Å².